The Bertz CT molecular complexity index is 1990. The molecule has 0 spiro atoms. The molecule has 6 aromatic carbocycles. The molecule has 6 aromatic rings. The average Bonchev–Trinajstić information content (AvgIpc) is 3.10. The van der Waals surface area contributed by atoms with E-state index < -0.39 is 11.2 Å². The van der Waals surface area contributed by atoms with Gasteiger partial charge in [0.2, 0.25) is 0 Å². The van der Waals surface area contributed by atoms with Gasteiger partial charge < -0.3 is 10.2 Å². The molecule has 1 aliphatic rings. The lowest BCUT2D eigenvalue weighted by molar-refractivity contribution is 0.0747. The minimum absolute atomic E-state index is 0.678. The molecule has 0 bridgehead atoms. The van der Waals surface area contributed by atoms with Crippen LogP contribution in [-0.4, -0.2) is 10.2 Å². The molecule has 0 amide bonds. The number of rotatable bonds is 7. The molecule has 1 aliphatic carbocycles. The van der Waals surface area contributed by atoms with Crippen LogP contribution in [0.15, 0.2) is 144 Å². The first-order valence-corrected chi connectivity index (χ1v) is 16.8. The number of aliphatic hydroxyl groups is 2. The van der Waals surface area contributed by atoms with Crippen molar-refractivity contribution in [1.29, 1.82) is 0 Å². The summed E-state index contributed by atoms with van der Waals surface area (Å²) in [5, 5.41) is 25.8. The average molecular weight is 666 g/mol. The second-order valence-electron chi connectivity index (χ2n) is 12.5. The Morgan fingerprint density at radius 3 is 1.46 bits per heavy atom. The van der Waals surface area contributed by atoms with Gasteiger partial charge in [0.1, 0.15) is 11.2 Å². The maximum atomic E-state index is 12.9. The van der Waals surface area contributed by atoms with Crippen molar-refractivity contribution in [3.8, 4) is 22.3 Å². The molecule has 0 radical (unpaired) electrons. The van der Waals surface area contributed by atoms with Crippen LogP contribution in [0.4, 0.5) is 0 Å². The van der Waals surface area contributed by atoms with E-state index in [4.69, 9.17) is 0 Å². The highest BCUT2D eigenvalue weighted by molar-refractivity contribution is 9.10. The number of halogens is 1. The van der Waals surface area contributed by atoms with Gasteiger partial charge in [0.05, 0.1) is 0 Å². The largest absolute Gasteiger partial charge is 0.376 e. The fourth-order valence-electron chi connectivity index (χ4n) is 6.99. The first-order valence-electron chi connectivity index (χ1n) is 16.0. The molecule has 2 atom stereocenters. The van der Waals surface area contributed by atoms with Crippen molar-refractivity contribution < 1.29 is 10.2 Å². The van der Waals surface area contributed by atoms with E-state index in [2.05, 4.69) is 83.5 Å². The predicted octanol–water partition coefficient (Wildman–Crippen LogP) is 10.3. The summed E-state index contributed by atoms with van der Waals surface area (Å²) in [6, 6.07) is 47.2. The first kappa shape index (κ1) is 30.4. The van der Waals surface area contributed by atoms with Crippen LogP contribution in [0.1, 0.15) is 64.3 Å². The molecular formula is C43H37BrO2. The highest BCUT2D eigenvalue weighted by atomic mass is 79.9. The van der Waals surface area contributed by atoms with E-state index in [1.807, 2.05) is 85.8 Å². The first-order chi connectivity index (χ1) is 22.3. The van der Waals surface area contributed by atoms with E-state index in [1.54, 1.807) is 0 Å². The smallest absolute Gasteiger partial charge is 0.141 e. The van der Waals surface area contributed by atoms with Gasteiger partial charge in [-0.3, -0.25) is 0 Å². The van der Waals surface area contributed by atoms with Crippen molar-refractivity contribution >= 4 is 15.9 Å². The molecule has 2 N–H and O–H groups in total. The zero-order valence-electron chi connectivity index (χ0n) is 26.2. The highest BCUT2D eigenvalue weighted by Gasteiger charge is 2.50. The Labute approximate surface area is 280 Å². The van der Waals surface area contributed by atoms with Gasteiger partial charge in [-0.25, -0.2) is 0 Å². The Morgan fingerprint density at radius 2 is 0.957 bits per heavy atom. The molecule has 0 fully saturated rings. The molecule has 0 saturated carbocycles. The molecule has 0 heterocycles. The van der Waals surface area contributed by atoms with E-state index in [0.717, 1.165) is 49.8 Å². The van der Waals surface area contributed by atoms with Gasteiger partial charge in [-0.15, -0.1) is 0 Å². The Balaban J connectivity index is 1.32. The van der Waals surface area contributed by atoms with Gasteiger partial charge in [0.25, 0.3) is 0 Å². The predicted molar refractivity (Wildman–Crippen MR) is 192 cm³/mol. The maximum absolute atomic E-state index is 12.9. The zero-order chi connectivity index (χ0) is 31.9. The lowest BCUT2D eigenvalue weighted by Crippen LogP contribution is -2.44. The van der Waals surface area contributed by atoms with Crippen LogP contribution in [0.3, 0.4) is 0 Å². The molecule has 46 heavy (non-hydrogen) atoms. The molecule has 2 unspecified atom stereocenters. The van der Waals surface area contributed by atoms with Crippen LogP contribution in [0.2, 0.25) is 0 Å². The zero-order valence-corrected chi connectivity index (χ0v) is 27.8. The van der Waals surface area contributed by atoms with E-state index in [-0.39, 0.29) is 0 Å². The molecule has 228 valence electrons. The maximum Gasteiger partial charge on any atom is 0.141 e. The van der Waals surface area contributed by atoms with Crippen molar-refractivity contribution in [2.24, 2.45) is 0 Å². The van der Waals surface area contributed by atoms with Gasteiger partial charge in [0.15, 0.2) is 0 Å². The Kier molecular flexibility index (Phi) is 8.02. The van der Waals surface area contributed by atoms with Gasteiger partial charge >= 0.3 is 0 Å². The van der Waals surface area contributed by atoms with Crippen molar-refractivity contribution in [2.45, 2.75) is 44.3 Å². The van der Waals surface area contributed by atoms with Crippen LogP contribution < -0.4 is 0 Å². The second-order valence-corrected chi connectivity index (χ2v) is 13.4. The minimum atomic E-state index is -1.45. The minimum Gasteiger partial charge on any atom is -0.376 e. The van der Waals surface area contributed by atoms with Gasteiger partial charge in [-0.2, -0.15) is 0 Å². The Morgan fingerprint density at radius 1 is 0.522 bits per heavy atom. The van der Waals surface area contributed by atoms with E-state index in [1.165, 1.54) is 18.4 Å². The number of unbranched alkanes of at least 4 members (excludes halogenated alkanes) is 1. The molecule has 2 nitrogen and oxygen atoms in total. The van der Waals surface area contributed by atoms with Crippen molar-refractivity contribution in [1.82, 2.24) is 0 Å². The molecular weight excluding hydrogens is 628 g/mol. The van der Waals surface area contributed by atoms with Gasteiger partial charge in [-0.05, 0) is 93.1 Å². The lowest BCUT2D eigenvalue weighted by Gasteiger charge is -2.45. The SMILES string of the molecule is CCCCc1ccc(-c2ccc(C3(O)c4ccccc4C(O)(c4ccc(-c5ccc(Br)cc5)cc4)c4ccc(C)cc43)cc2)cc1. The number of hydrogen-bond donors (Lipinski definition) is 2. The third-order valence-corrected chi connectivity index (χ3v) is 10.1. The summed E-state index contributed by atoms with van der Waals surface area (Å²) >= 11 is 3.52. The van der Waals surface area contributed by atoms with Gasteiger partial charge in [0, 0.05) is 4.47 Å². The fraction of sp³-hybridized carbons (Fsp3) is 0.163. The molecule has 3 heteroatoms. The van der Waals surface area contributed by atoms with Crippen molar-refractivity contribution in [3.05, 3.63) is 189 Å². The van der Waals surface area contributed by atoms with Crippen LogP contribution in [0.25, 0.3) is 22.3 Å². The standard InChI is InChI=1S/C43H37BrO2/c1-3-4-7-30-11-13-31(14-12-30)32-17-23-36(24-18-32)43(46)39-9-6-5-8-38(39)42(45,40-27-10-29(2)28-41(40)43)35-21-15-33(16-22-35)34-19-25-37(44)26-20-34/h5-6,8-28,45-46H,3-4,7H2,1-2H3. The summed E-state index contributed by atoms with van der Waals surface area (Å²) in [7, 11) is 0. The van der Waals surface area contributed by atoms with Crippen LogP contribution in [0.5, 0.6) is 0 Å². The van der Waals surface area contributed by atoms with E-state index in [0.29, 0.717) is 22.3 Å². The van der Waals surface area contributed by atoms with Crippen molar-refractivity contribution in [2.75, 3.05) is 0 Å². The summed E-state index contributed by atoms with van der Waals surface area (Å²) < 4.78 is 1.03. The number of benzene rings is 6. The van der Waals surface area contributed by atoms with Crippen molar-refractivity contribution in [3.63, 3.8) is 0 Å². The third kappa shape index (κ3) is 5.13. The van der Waals surface area contributed by atoms with Gasteiger partial charge in [-0.1, -0.05) is 162 Å². The topological polar surface area (TPSA) is 40.5 Å². The number of hydrogen-bond acceptors (Lipinski definition) is 2. The lowest BCUT2D eigenvalue weighted by atomic mass is 9.63. The van der Waals surface area contributed by atoms with E-state index >= 15 is 0 Å². The normalized spacial score (nSPS) is 18.5. The fourth-order valence-corrected chi connectivity index (χ4v) is 7.26. The summed E-state index contributed by atoms with van der Waals surface area (Å²) in [5.74, 6) is 0. The number of aryl methyl sites for hydroxylation is 2. The van der Waals surface area contributed by atoms with E-state index in [9.17, 15) is 10.2 Å². The number of fused-ring (bicyclic) bond motifs is 2. The summed E-state index contributed by atoms with van der Waals surface area (Å²) in [6.45, 7) is 4.25. The summed E-state index contributed by atoms with van der Waals surface area (Å²) in [4.78, 5) is 0. The molecule has 0 saturated heterocycles. The van der Waals surface area contributed by atoms with Crippen LogP contribution in [-0.2, 0) is 17.6 Å². The molecule has 7 rings (SSSR count). The van der Waals surface area contributed by atoms with Crippen LogP contribution >= 0.6 is 15.9 Å². The van der Waals surface area contributed by atoms with Crippen LogP contribution in [0, 0.1) is 6.92 Å². The Hall–Kier alpha value is -4.28. The second kappa shape index (κ2) is 12.1. The molecule has 0 aliphatic heterocycles. The monoisotopic (exact) mass is 664 g/mol. The quantitative estimate of drug-likeness (QED) is 0.178. The highest BCUT2D eigenvalue weighted by Crippen LogP contribution is 2.53. The summed E-state index contributed by atoms with van der Waals surface area (Å²) in [5.41, 5.74) is 8.15. The molecule has 0 aromatic heterocycles. The summed E-state index contributed by atoms with van der Waals surface area (Å²) in [6.07, 6.45) is 3.48. The third-order valence-electron chi connectivity index (χ3n) is 9.55.